The highest BCUT2D eigenvalue weighted by Crippen LogP contribution is 2.03. The van der Waals surface area contributed by atoms with Gasteiger partial charge in [-0.05, 0) is 18.0 Å². The zero-order valence-electron chi connectivity index (χ0n) is 8.23. The van der Waals surface area contributed by atoms with Crippen LogP contribution in [0.1, 0.15) is 25.2 Å². The minimum Gasteiger partial charge on any atom is -0.358 e. The van der Waals surface area contributed by atoms with Crippen LogP contribution in [0.25, 0.3) is 0 Å². The van der Waals surface area contributed by atoms with Gasteiger partial charge in [0.05, 0.1) is 6.54 Å². The zero-order valence-corrected chi connectivity index (χ0v) is 8.23. The topological polar surface area (TPSA) is 80.0 Å². The summed E-state index contributed by atoms with van der Waals surface area (Å²) in [5.41, 5.74) is 0.336. The number of nitrogens with zero attached hydrogens (tertiary/aromatic N) is 4. The summed E-state index contributed by atoms with van der Waals surface area (Å²) in [6, 6.07) is 1.76. The van der Waals surface area contributed by atoms with Crippen LogP contribution in [0.2, 0.25) is 0 Å². The molecule has 1 rings (SSSR count). The van der Waals surface area contributed by atoms with Crippen molar-refractivity contribution in [3.8, 4) is 6.07 Å². The Morgan fingerprint density at radius 3 is 2.71 bits per heavy atom. The quantitative estimate of drug-likeness (QED) is 0.634. The Labute approximate surface area is 81.9 Å². The van der Waals surface area contributed by atoms with Gasteiger partial charge in [-0.25, -0.2) is 0 Å². The molecule has 0 aromatic carbocycles. The van der Waals surface area contributed by atoms with Crippen molar-refractivity contribution in [3.05, 3.63) is 16.6 Å². The Balaban J connectivity index is 2.81. The second-order valence-corrected chi connectivity index (χ2v) is 2.80. The molecule has 0 aliphatic carbocycles. The van der Waals surface area contributed by atoms with Crippen molar-refractivity contribution in [2.45, 2.75) is 20.4 Å². The Morgan fingerprint density at radius 2 is 2.21 bits per heavy atom. The molecule has 0 amide bonds. The molecule has 1 heterocycles. The van der Waals surface area contributed by atoms with Gasteiger partial charge in [0.15, 0.2) is 6.07 Å². The first-order valence-corrected chi connectivity index (χ1v) is 4.43. The van der Waals surface area contributed by atoms with Crippen LogP contribution in [0, 0.1) is 16.5 Å². The lowest BCUT2D eigenvalue weighted by Crippen LogP contribution is -2.28. The van der Waals surface area contributed by atoms with E-state index in [9.17, 15) is 5.21 Å². The molecule has 76 valence electrons. The second-order valence-electron chi connectivity index (χ2n) is 2.80. The summed E-state index contributed by atoms with van der Waals surface area (Å²) in [5, 5.41) is 23.1. The van der Waals surface area contributed by atoms with Crippen LogP contribution in [0.15, 0.2) is 4.63 Å². The predicted octanol–water partition coefficient (Wildman–Crippen LogP) is 0.0215. The first-order valence-electron chi connectivity index (χ1n) is 4.43. The van der Waals surface area contributed by atoms with Crippen LogP contribution < -0.4 is 4.90 Å². The van der Waals surface area contributed by atoms with Crippen LogP contribution in [-0.2, 0) is 6.54 Å². The van der Waals surface area contributed by atoms with E-state index in [0.29, 0.717) is 12.2 Å². The molecule has 0 spiro atoms. The number of rotatable bonds is 4. The van der Waals surface area contributed by atoms with Gasteiger partial charge in [-0.3, -0.25) is 9.53 Å². The fourth-order valence-corrected chi connectivity index (χ4v) is 1.14. The van der Waals surface area contributed by atoms with Crippen LogP contribution in [0.5, 0.6) is 0 Å². The van der Waals surface area contributed by atoms with Gasteiger partial charge in [0.25, 0.3) is 11.4 Å². The molecule has 0 unspecified atom stereocenters. The minimum absolute atomic E-state index is 0.0584. The van der Waals surface area contributed by atoms with Crippen molar-refractivity contribution in [2.24, 2.45) is 0 Å². The average molecular weight is 196 g/mol. The van der Waals surface area contributed by atoms with E-state index in [-0.39, 0.29) is 10.6 Å². The molecule has 1 aromatic heterocycles. The first kappa shape index (κ1) is 10.5. The van der Waals surface area contributed by atoms with Crippen LogP contribution >= 0.6 is 0 Å². The lowest BCUT2D eigenvalue weighted by molar-refractivity contribution is -0.804. The van der Waals surface area contributed by atoms with Gasteiger partial charge in [-0.2, -0.15) is 5.26 Å². The van der Waals surface area contributed by atoms with E-state index >= 15 is 0 Å². The molecular weight excluding hydrogens is 184 g/mol. The molecule has 6 nitrogen and oxygen atoms in total. The highest BCUT2D eigenvalue weighted by molar-refractivity contribution is 5.18. The van der Waals surface area contributed by atoms with Gasteiger partial charge in [0, 0.05) is 5.16 Å². The highest BCUT2D eigenvalue weighted by atomic mass is 16.8. The summed E-state index contributed by atoms with van der Waals surface area (Å²) in [4.78, 5) is 2.18. The smallest absolute Gasteiger partial charge is 0.299 e. The van der Waals surface area contributed by atoms with E-state index in [2.05, 4.69) is 9.79 Å². The fraction of sp³-hybridized carbons (Fsp3) is 0.625. The molecule has 0 aliphatic rings. The van der Waals surface area contributed by atoms with Crippen molar-refractivity contribution in [1.82, 2.24) is 10.1 Å². The number of hydrogen-bond acceptors (Lipinski definition) is 5. The van der Waals surface area contributed by atoms with Crippen molar-refractivity contribution >= 4 is 0 Å². The highest BCUT2D eigenvalue weighted by Gasteiger charge is 2.20. The Kier molecular flexibility index (Phi) is 3.42. The Morgan fingerprint density at radius 1 is 1.57 bits per heavy atom. The van der Waals surface area contributed by atoms with Crippen LogP contribution in [0.3, 0.4) is 0 Å². The van der Waals surface area contributed by atoms with E-state index in [1.165, 1.54) is 0 Å². The molecule has 0 fully saturated rings. The third-order valence-electron chi connectivity index (χ3n) is 2.05. The van der Waals surface area contributed by atoms with E-state index in [0.717, 1.165) is 13.1 Å². The zero-order chi connectivity index (χ0) is 10.6. The van der Waals surface area contributed by atoms with E-state index in [1.807, 2.05) is 18.7 Å². The lowest BCUT2D eigenvalue weighted by atomic mass is 10.3. The normalized spacial score (nSPS) is 10.4. The molecule has 0 radical (unpaired) electrons. The van der Waals surface area contributed by atoms with Gasteiger partial charge in [-0.1, -0.05) is 13.8 Å². The molecule has 0 atom stereocenters. The van der Waals surface area contributed by atoms with Crippen molar-refractivity contribution in [2.75, 3.05) is 13.1 Å². The van der Waals surface area contributed by atoms with E-state index in [1.54, 1.807) is 6.07 Å². The van der Waals surface area contributed by atoms with Crippen molar-refractivity contribution in [3.63, 3.8) is 0 Å². The predicted molar refractivity (Wildman–Crippen MR) is 46.8 cm³/mol. The van der Waals surface area contributed by atoms with Crippen LogP contribution in [0.4, 0.5) is 0 Å². The average Bonchev–Trinajstić information content (AvgIpc) is 2.55. The van der Waals surface area contributed by atoms with Gasteiger partial charge in [0.2, 0.25) is 0 Å². The number of hydrogen-bond donors (Lipinski definition) is 0. The molecule has 1 aromatic rings. The molecule has 0 N–H and O–H groups in total. The largest absolute Gasteiger partial charge is 0.358 e. The first-order chi connectivity index (χ1) is 6.72. The van der Waals surface area contributed by atoms with Gasteiger partial charge in [0.1, 0.15) is 0 Å². The Hall–Kier alpha value is -1.61. The third-order valence-corrected chi connectivity index (χ3v) is 2.05. The maximum atomic E-state index is 10.9. The molecule has 0 saturated heterocycles. The van der Waals surface area contributed by atoms with Gasteiger partial charge in [-0.15, -0.1) is 0 Å². The summed E-state index contributed by atoms with van der Waals surface area (Å²) in [7, 11) is 0. The van der Waals surface area contributed by atoms with Gasteiger partial charge >= 0.3 is 0 Å². The summed E-state index contributed by atoms with van der Waals surface area (Å²) >= 11 is 0. The lowest BCUT2D eigenvalue weighted by Gasteiger charge is -2.13. The number of aromatic nitrogens is 2. The van der Waals surface area contributed by atoms with E-state index in [4.69, 9.17) is 5.26 Å². The van der Waals surface area contributed by atoms with Crippen molar-refractivity contribution in [1.29, 1.82) is 5.26 Å². The molecule has 0 aliphatic heterocycles. The van der Waals surface area contributed by atoms with Gasteiger partial charge < -0.3 is 5.21 Å². The third kappa shape index (κ3) is 2.00. The van der Waals surface area contributed by atoms with Crippen molar-refractivity contribution < 1.29 is 9.53 Å². The Bertz CT molecular complexity index is 338. The second kappa shape index (κ2) is 4.58. The summed E-state index contributed by atoms with van der Waals surface area (Å²) in [6.45, 7) is 6.15. The number of nitriles is 1. The SMILES string of the molecule is CCN(CC)Cc1no[n+]([O-])c1C#N. The minimum atomic E-state index is -0.0584. The summed E-state index contributed by atoms with van der Waals surface area (Å²) < 4.78 is 4.34. The summed E-state index contributed by atoms with van der Waals surface area (Å²) in [6.07, 6.45) is 0. The molecule has 6 heteroatoms. The monoisotopic (exact) mass is 196 g/mol. The molecule has 14 heavy (non-hydrogen) atoms. The molecule has 0 saturated carbocycles. The maximum Gasteiger partial charge on any atom is 0.299 e. The molecule has 0 bridgehead atoms. The fourth-order valence-electron chi connectivity index (χ4n) is 1.14. The maximum absolute atomic E-state index is 10.9. The molecular formula is C8H12N4O2. The summed E-state index contributed by atoms with van der Waals surface area (Å²) in [5.74, 6) is 0. The standard InChI is InChI=1S/C8H12N4O2/c1-3-11(4-2)6-7-8(5-9)12(13)14-10-7/h3-4,6H2,1-2H3. The van der Waals surface area contributed by atoms with E-state index < -0.39 is 0 Å². The van der Waals surface area contributed by atoms with Crippen LogP contribution in [-0.4, -0.2) is 23.1 Å².